The summed E-state index contributed by atoms with van der Waals surface area (Å²) in [7, 11) is -3.62. The average molecular weight is 354 g/mol. The molecule has 2 heterocycles. The molecule has 1 aliphatic rings. The molecule has 0 aliphatic carbocycles. The number of aliphatic hydroxyl groups excluding tert-OH is 1. The van der Waals surface area contributed by atoms with E-state index in [1.54, 1.807) is 0 Å². The van der Waals surface area contributed by atoms with Crippen molar-refractivity contribution < 1.29 is 22.7 Å². The third kappa shape index (κ3) is 3.03. The van der Waals surface area contributed by atoms with Crippen LogP contribution in [0.1, 0.15) is 19.1 Å². The maximum Gasteiger partial charge on any atom is 0.247 e. The van der Waals surface area contributed by atoms with E-state index in [-0.39, 0.29) is 28.0 Å². The van der Waals surface area contributed by atoms with Gasteiger partial charge in [0.15, 0.2) is 4.67 Å². The molecule has 0 spiro atoms. The maximum absolute atomic E-state index is 12.5. The minimum absolute atomic E-state index is 0.0494. The van der Waals surface area contributed by atoms with Gasteiger partial charge in [0, 0.05) is 19.2 Å². The maximum atomic E-state index is 12.5. The van der Waals surface area contributed by atoms with E-state index in [4.69, 9.17) is 14.3 Å². The molecule has 1 fully saturated rings. The molecule has 108 valence electrons. The van der Waals surface area contributed by atoms with Crippen molar-refractivity contribution in [1.82, 2.24) is 4.31 Å². The van der Waals surface area contributed by atoms with Gasteiger partial charge in [-0.25, -0.2) is 8.42 Å². The fourth-order valence-electron chi connectivity index (χ4n) is 1.95. The van der Waals surface area contributed by atoms with E-state index in [1.165, 1.54) is 10.4 Å². The van der Waals surface area contributed by atoms with Gasteiger partial charge in [-0.1, -0.05) is 6.92 Å². The highest BCUT2D eigenvalue weighted by Crippen LogP contribution is 2.29. The van der Waals surface area contributed by atoms with Gasteiger partial charge < -0.3 is 14.3 Å². The fourth-order valence-corrected chi connectivity index (χ4v) is 4.36. The Morgan fingerprint density at radius 2 is 2.32 bits per heavy atom. The van der Waals surface area contributed by atoms with Gasteiger partial charge in [-0.15, -0.1) is 0 Å². The number of ether oxygens (including phenoxy) is 1. The van der Waals surface area contributed by atoms with E-state index < -0.39 is 10.0 Å². The molecule has 0 saturated carbocycles. The number of halogens is 1. The molecule has 1 aliphatic heterocycles. The van der Waals surface area contributed by atoms with Crippen LogP contribution in [0.25, 0.3) is 0 Å². The molecule has 1 aromatic heterocycles. The van der Waals surface area contributed by atoms with Gasteiger partial charge in [-0.2, -0.15) is 4.31 Å². The van der Waals surface area contributed by atoms with Crippen LogP contribution in [0.3, 0.4) is 0 Å². The highest BCUT2D eigenvalue weighted by Gasteiger charge is 2.33. The van der Waals surface area contributed by atoms with Crippen LogP contribution in [0.5, 0.6) is 0 Å². The highest BCUT2D eigenvalue weighted by molar-refractivity contribution is 9.10. The number of hydrogen-bond donors (Lipinski definition) is 1. The molecule has 0 radical (unpaired) electrons. The molecule has 1 N–H and O–H groups in total. The molecule has 6 nitrogen and oxygen atoms in total. The highest BCUT2D eigenvalue weighted by atomic mass is 79.9. The Bertz CT molecular complexity index is 541. The standard InChI is InChI=1S/C11H16BrNO5S/c1-2-8-6-13(3-4-17-8)19(15,16)10-5-9(7-14)18-11(10)12/h5,8,14H,2-4,6-7H2,1H3. The van der Waals surface area contributed by atoms with Gasteiger partial charge in [0.25, 0.3) is 0 Å². The van der Waals surface area contributed by atoms with Crippen LogP contribution in [-0.4, -0.2) is 43.6 Å². The minimum Gasteiger partial charge on any atom is -0.450 e. The Morgan fingerprint density at radius 1 is 1.58 bits per heavy atom. The summed E-state index contributed by atoms with van der Waals surface area (Å²) in [5.41, 5.74) is 0. The lowest BCUT2D eigenvalue weighted by Gasteiger charge is -2.31. The van der Waals surface area contributed by atoms with Crippen molar-refractivity contribution in [3.8, 4) is 0 Å². The molecule has 0 amide bonds. The molecule has 1 saturated heterocycles. The van der Waals surface area contributed by atoms with Crippen molar-refractivity contribution in [1.29, 1.82) is 0 Å². The van der Waals surface area contributed by atoms with Gasteiger partial charge in [0.1, 0.15) is 17.3 Å². The van der Waals surface area contributed by atoms with Crippen LogP contribution in [0.15, 0.2) is 20.0 Å². The normalized spacial score (nSPS) is 21.7. The van der Waals surface area contributed by atoms with Gasteiger partial charge in [0.05, 0.1) is 12.7 Å². The quantitative estimate of drug-likeness (QED) is 0.883. The lowest BCUT2D eigenvalue weighted by atomic mass is 10.2. The second-order valence-corrected chi connectivity index (χ2v) is 6.90. The molecule has 8 heteroatoms. The van der Waals surface area contributed by atoms with Gasteiger partial charge >= 0.3 is 0 Å². The van der Waals surface area contributed by atoms with Crippen LogP contribution < -0.4 is 0 Å². The van der Waals surface area contributed by atoms with Gasteiger partial charge in [-0.05, 0) is 22.4 Å². The van der Waals surface area contributed by atoms with Crippen molar-refractivity contribution in [3.63, 3.8) is 0 Å². The van der Waals surface area contributed by atoms with Gasteiger partial charge in [0.2, 0.25) is 10.0 Å². The summed E-state index contributed by atoms with van der Waals surface area (Å²) in [6, 6.07) is 1.34. The number of aliphatic hydroxyl groups is 1. The third-order valence-electron chi connectivity index (χ3n) is 3.04. The molecule has 1 atom stereocenters. The van der Waals surface area contributed by atoms with Crippen LogP contribution in [0, 0.1) is 0 Å². The number of rotatable bonds is 4. The summed E-state index contributed by atoms with van der Waals surface area (Å²) in [6.07, 6.45) is 0.687. The molecule has 2 rings (SSSR count). The summed E-state index contributed by atoms with van der Waals surface area (Å²) in [5.74, 6) is 0.214. The molecule has 0 bridgehead atoms. The van der Waals surface area contributed by atoms with E-state index >= 15 is 0 Å². The van der Waals surface area contributed by atoms with Crippen molar-refractivity contribution in [2.24, 2.45) is 0 Å². The molecule has 0 aromatic carbocycles. The first-order valence-electron chi connectivity index (χ1n) is 5.99. The summed E-state index contributed by atoms with van der Waals surface area (Å²) >= 11 is 3.08. The molecule has 19 heavy (non-hydrogen) atoms. The van der Waals surface area contributed by atoms with Crippen molar-refractivity contribution in [3.05, 3.63) is 16.5 Å². The number of hydrogen-bond acceptors (Lipinski definition) is 5. The average Bonchev–Trinajstić information content (AvgIpc) is 2.81. The number of nitrogens with zero attached hydrogens (tertiary/aromatic N) is 1. The second-order valence-electron chi connectivity index (χ2n) is 4.27. The lowest BCUT2D eigenvalue weighted by Crippen LogP contribution is -2.45. The van der Waals surface area contributed by atoms with E-state index in [9.17, 15) is 8.42 Å². The molecular formula is C11H16BrNO5S. The van der Waals surface area contributed by atoms with Crippen LogP contribution in [-0.2, 0) is 21.4 Å². The van der Waals surface area contributed by atoms with E-state index in [0.29, 0.717) is 19.7 Å². The van der Waals surface area contributed by atoms with Gasteiger partial charge in [-0.3, -0.25) is 0 Å². The van der Waals surface area contributed by atoms with Crippen LogP contribution >= 0.6 is 15.9 Å². The first kappa shape index (κ1) is 15.0. The Labute approximate surface area is 120 Å². The van der Waals surface area contributed by atoms with Crippen LogP contribution in [0.4, 0.5) is 0 Å². The summed E-state index contributed by atoms with van der Waals surface area (Å²) in [6.45, 7) is 2.67. The fraction of sp³-hybridized carbons (Fsp3) is 0.636. The zero-order valence-corrected chi connectivity index (χ0v) is 12.9. The Kier molecular flexibility index (Phi) is 4.67. The monoisotopic (exact) mass is 353 g/mol. The van der Waals surface area contributed by atoms with E-state index in [1.807, 2.05) is 6.92 Å². The number of furan rings is 1. The van der Waals surface area contributed by atoms with Crippen molar-refractivity contribution >= 4 is 26.0 Å². The minimum atomic E-state index is -3.62. The summed E-state index contributed by atoms with van der Waals surface area (Å²) < 4.78 is 37.1. The predicted molar refractivity (Wildman–Crippen MR) is 71.1 cm³/mol. The van der Waals surface area contributed by atoms with E-state index in [0.717, 1.165) is 6.42 Å². The van der Waals surface area contributed by atoms with Crippen LogP contribution in [0.2, 0.25) is 0 Å². The summed E-state index contributed by atoms with van der Waals surface area (Å²) in [5, 5.41) is 8.99. The number of sulfonamides is 1. The molecule has 1 unspecified atom stereocenters. The Balaban J connectivity index is 2.28. The second kappa shape index (κ2) is 5.92. The molecule has 1 aromatic rings. The summed E-state index contributed by atoms with van der Waals surface area (Å²) in [4.78, 5) is 0.0494. The SMILES string of the molecule is CCC1CN(S(=O)(=O)c2cc(CO)oc2Br)CCO1. The smallest absolute Gasteiger partial charge is 0.247 e. The van der Waals surface area contributed by atoms with E-state index in [2.05, 4.69) is 15.9 Å². The predicted octanol–water partition coefficient (Wildman–Crippen LogP) is 1.33. The third-order valence-corrected chi connectivity index (χ3v) is 5.76. The lowest BCUT2D eigenvalue weighted by molar-refractivity contribution is -0.00280. The zero-order valence-electron chi connectivity index (χ0n) is 10.5. The van der Waals surface area contributed by atoms with Crippen molar-refractivity contribution in [2.45, 2.75) is 31.0 Å². The van der Waals surface area contributed by atoms with Crippen molar-refractivity contribution in [2.75, 3.05) is 19.7 Å². The Morgan fingerprint density at radius 3 is 2.89 bits per heavy atom. The largest absolute Gasteiger partial charge is 0.450 e. The number of morpholine rings is 1. The first-order valence-corrected chi connectivity index (χ1v) is 8.23. The Hall–Kier alpha value is -0.410. The zero-order chi connectivity index (χ0) is 14.0. The molecular weight excluding hydrogens is 338 g/mol. The first-order chi connectivity index (χ1) is 8.98. The topological polar surface area (TPSA) is 80.0 Å².